The van der Waals surface area contributed by atoms with Crippen LogP contribution in [0, 0.1) is 5.92 Å². The van der Waals surface area contributed by atoms with Crippen LogP contribution in [0.2, 0.25) is 0 Å². The highest BCUT2D eigenvalue weighted by Crippen LogP contribution is 2.34. The van der Waals surface area contributed by atoms with Gasteiger partial charge in [-0.2, -0.15) is 0 Å². The van der Waals surface area contributed by atoms with Crippen molar-refractivity contribution < 1.29 is 14.3 Å². The lowest BCUT2D eigenvalue weighted by Gasteiger charge is -2.22. The molecule has 5 heteroatoms. The molecule has 0 spiro atoms. The predicted octanol–water partition coefficient (Wildman–Crippen LogP) is 2.37. The summed E-state index contributed by atoms with van der Waals surface area (Å²) in [5, 5.41) is 6.43. The Morgan fingerprint density at radius 1 is 1.32 bits per heavy atom. The van der Waals surface area contributed by atoms with Gasteiger partial charge >= 0.3 is 0 Å². The van der Waals surface area contributed by atoms with E-state index in [9.17, 15) is 4.79 Å². The standard InChI is InChI=1S/C17H24N2O3/c1-12(14-3-4-15-16(10-14)22-11-21-15)19-17(20)5-2-13-6-8-18-9-7-13/h3-4,10,12-13,18H,2,5-9,11H2,1H3,(H,19,20). The molecule has 2 heterocycles. The van der Waals surface area contributed by atoms with E-state index < -0.39 is 0 Å². The maximum Gasteiger partial charge on any atom is 0.231 e. The van der Waals surface area contributed by atoms with E-state index >= 15 is 0 Å². The Kier molecular flexibility index (Phi) is 4.83. The zero-order chi connectivity index (χ0) is 15.4. The summed E-state index contributed by atoms with van der Waals surface area (Å²) in [6.45, 7) is 4.44. The number of nitrogens with one attached hydrogen (secondary N) is 2. The van der Waals surface area contributed by atoms with Gasteiger partial charge in [-0.3, -0.25) is 4.79 Å². The van der Waals surface area contributed by atoms with Crippen LogP contribution in [0.1, 0.15) is 44.2 Å². The maximum absolute atomic E-state index is 12.1. The summed E-state index contributed by atoms with van der Waals surface area (Å²) in [7, 11) is 0. The molecule has 1 aromatic carbocycles. The monoisotopic (exact) mass is 304 g/mol. The minimum atomic E-state index is -0.0185. The summed E-state index contributed by atoms with van der Waals surface area (Å²) in [6.07, 6.45) is 3.97. The van der Waals surface area contributed by atoms with Crippen LogP contribution in [0.5, 0.6) is 11.5 Å². The molecule has 1 saturated heterocycles. The van der Waals surface area contributed by atoms with Gasteiger partial charge in [-0.25, -0.2) is 0 Å². The van der Waals surface area contributed by atoms with Crippen LogP contribution in [0.15, 0.2) is 18.2 Å². The molecule has 22 heavy (non-hydrogen) atoms. The van der Waals surface area contributed by atoms with Gasteiger partial charge < -0.3 is 20.1 Å². The normalized spacial score (nSPS) is 19.0. The van der Waals surface area contributed by atoms with Gasteiger partial charge in [0.15, 0.2) is 11.5 Å². The molecule has 1 amide bonds. The van der Waals surface area contributed by atoms with Crippen LogP contribution in [-0.2, 0) is 4.79 Å². The third-order valence-corrected chi connectivity index (χ3v) is 4.51. The fraction of sp³-hybridized carbons (Fsp3) is 0.588. The zero-order valence-corrected chi connectivity index (χ0v) is 13.1. The highest BCUT2D eigenvalue weighted by atomic mass is 16.7. The number of carbonyl (C=O) groups is 1. The molecule has 120 valence electrons. The molecule has 2 aliphatic rings. The van der Waals surface area contributed by atoms with Gasteiger partial charge in [-0.05, 0) is 62.9 Å². The number of ether oxygens (including phenoxy) is 2. The van der Waals surface area contributed by atoms with Crippen molar-refractivity contribution in [3.63, 3.8) is 0 Å². The number of fused-ring (bicyclic) bond motifs is 1. The zero-order valence-electron chi connectivity index (χ0n) is 13.1. The summed E-state index contributed by atoms with van der Waals surface area (Å²) in [5.74, 6) is 2.35. The molecular formula is C17H24N2O3. The fourth-order valence-electron chi connectivity index (χ4n) is 3.09. The van der Waals surface area contributed by atoms with Gasteiger partial charge in [0.25, 0.3) is 0 Å². The van der Waals surface area contributed by atoms with Crippen LogP contribution < -0.4 is 20.1 Å². The third kappa shape index (κ3) is 3.71. The molecule has 2 N–H and O–H groups in total. The molecule has 5 nitrogen and oxygen atoms in total. The molecule has 0 saturated carbocycles. The second-order valence-electron chi connectivity index (χ2n) is 6.13. The predicted molar refractivity (Wildman–Crippen MR) is 84.0 cm³/mol. The molecule has 2 aliphatic heterocycles. The van der Waals surface area contributed by atoms with E-state index in [4.69, 9.17) is 9.47 Å². The lowest BCUT2D eigenvalue weighted by molar-refractivity contribution is -0.122. The van der Waals surface area contributed by atoms with Gasteiger partial charge in [0.1, 0.15) is 0 Å². The molecule has 0 aliphatic carbocycles. The molecule has 0 aromatic heterocycles. The number of hydrogen-bond donors (Lipinski definition) is 2. The topological polar surface area (TPSA) is 59.6 Å². The second kappa shape index (κ2) is 7.01. The Morgan fingerprint density at radius 2 is 2.09 bits per heavy atom. The van der Waals surface area contributed by atoms with Gasteiger partial charge in [0, 0.05) is 6.42 Å². The van der Waals surface area contributed by atoms with Crippen molar-refractivity contribution in [3.8, 4) is 11.5 Å². The molecule has 1 unspecified atom stereocenters. The maximum atomic E-state index is 12.1. The number of hydrogen-bond acceptors (Lipinski definition) is 4. The number of piperidine rings is 1. The fourth-order valence-corrected chi connectivity index (χ4v) is 3.09. The lowest BCUT2D eigenvalue weighted by Crippen LogP contribution is -2.30. The largest absolute Gasteiger partial charge is 0.454 e. The van der Waals surface area contributed by atoms with Crippen molar-refractivity contribution in [2.24, 2.45) is 5.92 Å². The summed E-state index contributed by atoms with van der Waals surface area (Å²) in [4.78, 5) is 12.1. The minimum absolute atomic E-state index is 0.0185. The van der Waals surface area contributed by atoms with E-state index in [0.717, 1.165) is 36.6 Å². The molecular weight excluding hydrogens is 280 g/mol. The van der Waals surface area contributed by atoms with Crippen LogP contribution in [0.4, 0.5) is 0 Å². The molecule has 1 fully saturated rings. The number of amides is 1. The SMILES string of the molecule is CC(NC(=O)CCC1CCNCC1)c1ccc2c(c1)OCO2. The third-order valence-electron chi connectivity index (χ3n) is 4.51. The lowest BCUT2D eigenvalue weighted by atomic mass is 9.93. The van der Waals surface area contributed by atoms with Crippen molar-refractivity contribution in [1.29, 1.82) is 0 Å². The number of carbonyl (C=O) groups excluding carboxylic acids is 1. The van der Waals surface area contributed by atoms with Crippen LogP contribution in [0.3, 0.4) is 0 Å². The quantitative estimate of drug-likeness (QED) is 0.877. The first-order chi connectivity index (χ1) is 10.7. The van der Waals surface area contributed by atoms with E-state index in [1.165, 1.54) is 12.8 Å². The average molecular weight is 304 g/mol. The van der Waals surface area contributed by atoms with Crippen LogP contribution in [0.25, 0.3) is 0 Å². The first-order valence-electron chi connectivity index (χ1n) is 8.12. The summed E-state index contributed by atoms with van der Waals surface area (Å²) < 4.78 is 10.7. The second-order valence-corrected chi connectivity index (χ2v) is 6.13. The first kappa shape index (κ1) is 15.2. The van der Waals surface area contributed by atoms with E-state index in [1.54, 1.807) is 0 Å². The molecule has 0 bridgehead atoms. The average Bonchev–Trinajstić information content (AvgIpc) is 3.01. The van der Waals surface area contributed by atoms with Crippen LogP contribution >= 0.6 is 0 Å². The highest BCUT2D eigenvalue weighted by molar-refractivity contribution is 5.76. The van der Waals surface area contributed by atoms with Crippen molar-refractivity contribution in [3.05, 3.63) is 23.8 Å². The van der Waals surface area contributed by atoms with Crippen LogP contribution in [-0.4, -0.2) is 25.8 Å². The van der Waals surface area contributed by atoms with Gasteiger partial charge in [0.2, 0.25) is 12.7 Å². The Morgan fingerprint density at radius 3 is 2.91 bits per heavy atom. The van der Waals surface area contributed by atoms with E-state index in [0.29, 0.717) is 12.3 Å². The molecule has 3 rings (SSSR count). The summed E-state index contributed by atoms with van der Waals surface area (Å²) >= 11 is 0. The molecule has 1 atom stereocenters. The Hall–Kier alpha value is -1.75. The van der Waals surface area contributed by atoms with Crippen molar-refractivity contribution in [2.45, 2.75) is 38.6 Å². The Bertz CT molecular complexity index is 527. The van der Waals surface area contributed by atoms with Gasteiger partial charge in [-0.15, -0.1) is 0 Å². The van der Waals surface area contributed by atoms with E-state index in [-0.39, 0.29) is 18.7 Å². The van der Waals surface area contributed by atoms with Crippen molar-refractivity contribution >= 4 is 5.91 Å². The van der Waals surface area contributed by atoms with E-state index in [2.05, 4.69) is 10.6 Å². The van der Waals surface area contributed by atoms with Crippen molar-refractivity contribution in [2.75, 3.05) is 19.9 Å². The smallest absolute Gasteiger partial charge is 0.231 e. The summed E-state index contributed by atoms with van der Waals surface area (Å²) in [5.41, 5.74) is 1.04. The highest BCUT2D eigenvalue weighted by Gasteiger charge is 2.18. The van der Waals surface area contributed by atoms with Crippen molar-refractivity contribution in [1.82, 2.24) is 10.6 Å². The molecule has 0 radical (unpaired) electrons. The van der Waals surface area contributed by atoms with Gasteiger partial charge in [-0.1, -0.05) is 6.07 Å². The summed E-state index contributed by atoms with van der Waals surface area (Å²) in [6, 6.07) is 5.80. The minimum Gasteiger partial charge on any atom is -0.454 e. The van der Waals surface area contributed by atoms with Gasteiger partial charge in [0.05, 0.1) is 6.04 Å². The number of benzene rings is 1. The first-order valence-corrected chi connectivity index (χ1v) is 8.12. The Balaban J connectivity index is 1.48. The molecule has 1 aromatic rings. The van der Waals surface area contributed by atoms with E-state index in [1.807, 2.05) is 25.1 Å². The Labute approximate surface area is 131 Å². The number of rotatable bonds is 5.